The Kier molecular flexibility index (Phi) is 6.74. The predicted octanol–water partition coefficient (Wildman–Crippen LogP) is 4.47. The Morgan fingerprint density at radius 3 is 2.09 bits per heavy atom. The molecule has 3 aromatic rings. The zero-order valence-electron chi connectivity index (χ0n) is 18.7. The summed E-state index contributed by atoms with van der Waals surface area (Å²) in [6, 6.07) is 19.7. The third-order valence-corrected chi connectivity index (χ3v) is 6.10. The molecule has 32 heavy (non-hydrogen) atoms. The summed E-state index contributed by atoms with van der Waals surface area (Å²) < 4.78 is 5.27. The van der Waals surface area contributed by atoms with Gasteiger partial charge in [0.1, 0.15) is 6.04 Å². The van der Waals surface area contributed by atoms with E-state index in [-0.39, 0.29) is 23.6 Å². The van der Waals surface area contributed by atoms with Crippen molar-refractivity contribution < 1.29 is 14.0 Å². The average Bonchev–Trinajstić information content (AvgIpc) is 3.49. The van der Waals surface area contributed by atoms with Gasteiger partial charge in [-0.05, 0) is 62.8 Å². The van der Waals surface area contributed by atoms with E-state index < -0.39 is 6.04 Å². The monoisotopic (exact) mass is 430 g/mol. The van der Waals surface area contributed by atoms with E-state index in [2.05, 4.69) is 67.7 Å². The molecule has 0 saturated carbocycles. The van der Waals surface area contributed by atoms with Crippen molar-refractivity contribution in [3.63, 3.8) is 0 Å². The molecule has 166 valence electrons. The number of carbonyl (C=O) groups excluding carboxylic acids is 2. The molecule has 2 amide bonds. The fraction of sp³-hybridized carbons (Fsp3) is 0.333. The maximum absolute atomic E-state index is 13.3. The van der Waals surface area contributed by atoms with E-state index in [0.29, 0.717) is 13.0 Å². The molecule has 1 aliphatic rings. The molecule has 0 spiro atoms. The van der Waals surface area contributed by atoms with Crippen LogP contribution >= 0.6 is 0 Å². The lowest BCUT2D eigenvalue weighted by Crippen LogP contribution is -2.49. The van der Waals surface area contributed by atoms with E-state index in [1.165, 1.54) is 28.5 Å². The molecule has 1 aromatic heterocycles. The highest BCUT2D eigenvalue weighted by Crippen LogP contribution is 2.21. The number of amides is 2. The second kappa shape index (κ2) is 9.86. The first-order chi connectivity index (χ1) is 15.5. The van der Waals surface area contributed by atoms with Gasteiger partial charge in [0.05, 0.1) is 6.26 Å². The Balaban J connectivity index is 1.49. The SMILES string of the molecule is Cc1ccc(CC(Cc2ccc(C)cc2)NC(=O)C2CCCN2C(=O)c2ccco2)cc1. The number of hydrogen-bond acceptors (Lipinski definition) is 3. The van der Waals surface area contributed by atoms with E-state index in [1.54, 1.807) is 17.0 Å². The minimum atomic E-state index is -0.467. The smallest absolute Gasteiger partial charge is 0.290 e. The molecule has 1 fully saturated rings. The fourth-order valence-electron chi connectivity index (χ4n) is 4.31. The molecule has 1 N–H and O–H groups in total. The van der Waals surface area contributed by atoms with Crippen molar-refractivity contribution >= 4 is 11.8 Å². The molecular formula is C27H30N2O3. The van der Waals surface area contributed by atoms with Gasteiger partial charge in [0.15, 0.2) is 5.76 Å². The van der Waals surface area contributed by atoms with Crippen LogP contribution in [0.15, 0.2) is 71.3 Å². The van der Waals surface area contributed by atoms with Gasteiger partial charge in [0.2, 0.25) is 5.91 Å². The molecule has 2 heterocycles. The quantitative estimate of drug-likeness (QED) is 0.602. The van der Waals surface area contributed by atoms with Gasteiger partial charge in [0.25, 0.3) is 5.91 Å². The molecule has 1 unspecified atom stereocenters. The van der Waals surface area contributed by atoms with Gasteiger partial charge in [-0.1, -0.05) is 59.7 Å². The van der Waals surface area contributed by atoms with E-state index in [9.17, 15) is 9.59 Å². The van der Waals surface area contributed by atoms with Crippen molar-refractivity contribution in [2.24, 2.45) is 0 Å². The third kappa shape index (κ3) is 5.28. The van der Waals surface area contributed by atoms with Crippen molar-refractivity contribution in [1.82, 2.24) is 10.2 Å². The first kappa shape index (κ1) is 21.9. The molecular weight excluding hydrogens is 400 g/mol. The van der Waals surface area contributed by atoms with Gasteiger partial charge in [-0.2, -0.15) is 0 Å². The Labute approximate surface area is 189 Å². The molecule has 5 nitrogen and oxygen atoms in total. The van der Waals surface area contributed by atoms with Crippen LogP contribution < -0.4 is 5.32 Å². The Morgan fingerprint density at radius 1 is 0.969 bits per heavy atom. The van der Waals surface area contributed by atoms with Crippen molar-refractivity contribution in [1.29, 1.82) is 0 Å². The summed E-state index contributed by atoms with van der Waals surface area (Å²) in [5.41, 5.74) is 4.79. The fourth-order valence-corrected chi connectivity index (χ4v) is 4.31. The number of carbonyl (C=O) groups is 2. The van der Waals surface area contributed by atoms with Gasteiger partial charge in [-0.15, -0.1) is 0 Å². The topological polar surface area (TPSA) is 62.6 Å². The van der Waals surface area contributed by atoms with Crippen molar-refractivity contribution in [2.75, 3.05) is 6.54 Å². The lowest BCUT2D eigenvalue weighted by molar-refractivity contribution is -0.125. The van der Waals surface area contributed by atoms with Gasteiger partial charge in [-0.3, -0.25) is 9.59 Å². The van der Waals surface area contributed by atoms with Crippen LogP contribution in [0.3, 0.4) is 0 Å². The van der Waals surface area contributed by atoms with Crippen LogP contribution in [0.2, 0.25) is 0 Å². The summed E-state index contributed by atoms with van der Waals surface area (Å²) in [6.07, 6.45) is 4.43. The summed E-state index contributed by atoms with van der Waals surface area (Å²) in [5.74, 6) is -0.0338. The van der Waals surface area contributed by atoms with Gasteiger partial charge < -0.3 is 14.6 Å². The normalized spacial score (nSPS) is 15.8. The molecule has 0 radical (unpaired) electrons. The van der Waals surface area contributed by atoms with Crippen molar-refractivity contribution in [3.05, 3.63) is 94.9 Å². The number of hydrogen-bond donors (Lipinski definition) is 1. The molecule has 2 aromatic carbocycles. The minimum Gasteiger partial charge on any atom is -0.459 e. The van der Waals surface area contributed by atoms with E-state index >= 15 is 0 Å². The second-order valence-corrected chi connectivity index (χ2v) is 8.72. The van der Waals surface area contributed by atoms with Crippen LogP contribution in [0.4, 0.5) is 0 Å². The highest BCUT2D eigenvalue weighted by atomic mass is 16.3. The summed E-state index contributed by atoms with van der Waals surface area (Å²) in [6.45, 7) is 4.71. The van der Waals surface area contributed by atoms with Crippen LogP contribution in [-0.4, -0.2) is 35.3 Å². The van der Waals surface area contributed by atoms with Crippen LogP contribution in [0.25, 0.3) is 0 Å². The number of nitrogens with zero attached hydrogens (tertiary/aromatic N) is 1. The molecule has 1 aliphatic heterocycles. The summed E-state index contributed by atoms with van der Waals surface area (Å²) in [4.78, 5) is 27.7. The molecule has 0 bridgehead atoms. The molecule has 5 heteroatoms. The molecule has 1 atom stereocenters. The largest absolute Gasteiger partial charge is 0.459 e. The third-order valence-electron chi connectivity index (χ3n) is 6.10. The zero-order chi connectivity index (χ0) is 22.5. The Morgan fingerprint density at radius 2 is 1.56 bits per heavy atom. The first-order valence-corrected chi connectivity index (χ1v) is 11.3. The second-order valence-electron chi connectivity index (χ2n) is 8.72. The Hall–Kier alpha value is -3.34. The lowest BCUT2D eigenvalue weighted by Gasteiger charge is -2.26. The maximum Gasteiger partial charge on any atom is 0.290 e. The van der Waals surface area contributed by atoms with Crippen molar-refractivity contribution in [2.45, 2.75) is 51.6 Å². The predicted molar refractivity (Wildman–Crippen MR) is 124 cm³/mol. The van der Waals surface area contributed by atoms with Gasteiger partial charge in [0, 0.05) is 12.6 Å². The highest BCUT2D eigenvalue weighted by Gasteiger charge is 2.36. The maximum atomic E-state index is 13.3. The van der Waals surface area contributed by atoms with Crippen molar-refractivity contribution in [3.8, 4) is 0 Å². The summed E-state index contributed by atoms with van der Waals surface area (Å²) in [7, 11) is 0. The first-order valence-electron chi connectivity index (χ1n) is 11.3. The number of nitrogens with one attached hydrogen (secondary N) is 1. The van der Waals surface area contributed by atoms with E-state index in [1.807, 2.05) is 0 Å². The lowest BCUT2D eigenvalue weighted by atomic mass is 9.97. The molecule has 0 aliphatic carbocycles. The molecule has 1 saturated heterocycles. The highest BCUT2D eigenvalue weighted by molar-refractivity contribution is 5.96. The minimum absolute atomic E-state index is 0.0610. The van der Waals surface area contributed by atoms with Gasteiger partial charge in [-0.25, -0.2) is 0 Å². The van der Waals surface area contributed by atoms with Crippen LogP contribution in [-0.2, 0) is 17.6 Å². The summed E-state index contributed by atoms with van der Waals surface area (Å²) >= 11 is 0. The van der Waals surface area contributed by atoms with E-state index in [4.69, 9.17) is 4.42 Å². The summed E-state index contributed by atoms with van der Waals surface area (Å²) in [5, 5.41) is 3.25. The average molecular weight is 431 g/mol. The number of likely N-dealkylation sites (tertiary alicyclic amines) is 1. The van der Waals surface area contributed by atoms with Crippen LogP contribution in [0.1, 0.15) is 45.7 Å². The van der Waals surface area contributed by atoms with Gasteiger partial charge >= 0.3 is 0 Å². The standard InChI is InChI=1S/C27H30N2O3/c1-19-7-11-21(12-8-19)17-23(18-22-13-9-20(2)10-14-22)28-26(30)24-5-3-15-29(24)27(31)25-6-4-16-32-25/h4,6-14,16,23-24H,3,5,15,17-18H2,1-2H3,(H,28,30). The number of aryl methyl sites for hydroxylation is 2. The zero-order valence-corrected chi connectivity index (χ0v) is 18.7. The Bertz CT molecular complexity index is 992. The van der Waals surface area contributed by atoms with Crippen LogP contribution in [0.5, 0.6) is 0 Å². The van der Waals surface area contributed by atoms with E-state index in [0.717, 1.165) is 19.3 Å². The number of rotatable bonds is 7. The number of furan rings is 1. The molecule has 4 rings (SSSR count). The van der Waals surface area contributed by atoms with Crippen LogP contribution in [0, 0.1) is 13.8 Å². The number of benzene rings is 2.